The molecular formula is C13H24F2N2O2. The monoisotopic (exact) mass is 278 g/mol. The first kappa shape index (κ1) is 16.3. The number of hydrogen-bond donors (Lipinski definition) is 2. The lowest BCUT2D eigenvalue weighted by Gasteiger charge is -2.39. The summed E-state index contributed by atoms with van der Waals surface area (Å²) < 4.78 is 28.3. The SMILES string of the molecule is CC1(C)CCCNC1CNC(=O)CCOCC(F)F. The Morgan fingerprint density at radius 1 is 1.53 bits per heavy atom. The topological polar surface area (TPSA) is 50.4 Å². The lowest BCUT2D eigenvalue weighted by Crippen LogP contribution is -2.52. The molecule has 1 rings (SSSR count). The molecule has 1 unspecified atom stereocenters. The van der Waals surface area contributed by atoms with Crippen LogP contribution in [0.1, 0.15) is 33.1 Å². The molecule has 0 aromatic carbocycles. The highest BCUT2D eigenvalue weighted by Crippen LogP contribution is 2.29. The minimum Gasteiger partial charge on any atom is -0.375 e. The number of hydrogen-bond acceptors (Lipinski definition) is 3. The Hall–Kier alpha value is -0.750. The molecule has 112 valence electrons. The van der Waals surface area contributed by atoms with E-state index in [0.29, 0.717) is 6.54 Å². The number of carbonyl (C=O) groups excluding carboxylic acids is 1. The number of nitrogens with one attached hydrogen (secondary N) is 2. The predicted octanol–water partition coefficient (Wildman–Crippen LogP) is 1.55. The van der Waals surface area contributed by atoms with Crippen molar-refractivity contribution in [1.82, 2.24) is 10.6 Å². The zero-order valence-electron chi connectivity index (χ0n) is 11.7. The van der Waals surface area contributed by atoms with E-state index in [2.05, 4.69) is 29.2 Å². The van der Waals surface area contributed by atoms with Crippen LogP contribution in [0, 0.1) is 5.41 Å². The summed E-state index contributed by atoms with van der Waals surface area (Å²) in [6.07, 6.45) is -0.0631. The molecule has 1 fully saturated rings. The fourth-order valence-corrected chi connectivity index (χ4v) is 2.26. The number of piperidine rings is 1. The largest absolute Gasteiger partial charge is 0.375 e. The second-order valence-electron chi connectivity index (χ2n) is 5.62. The Balaban J connectivity index is 2.15. The van der Waals surface area contributed by atoms with Crippen LogP contribution in [0.4, 0.5) is 8.78 Å². The fraction of sp³-hybridized carbons (Fsp3) is 0.923. The van der Waals surface area contributed by atoms with Crippen LogP contribution in [0.15, 0.2) is 0 Å². The maximum absolute atomic E-state index is 11.8. The molecule has 1 atom stereocenters. The second-order valence-corrected chi connectivity index (χ2v) is 5.62. The van der Waals surface area contributed by atoms with E-state index in [-0.39, 0.29) is 30.4 Å². The molecule has 1 aliphatic heterocycles. The van der Waals surface area contributed by atoms with E-state index < -0.39 is 13.0 Å². The van der Waals surface area contributed by atoms with Gasteiger partial charge in [0, 0.05) is 19.0 Å². The molecule has 2 N–H and O–H groups in total. The summed E-state index contributed by atoms with van der Waals surface area (Å²) in [5.41, 5.74) is 0.164. The highest BCUT2D eigenvalue weighted by molar-refractivity contribution is 5.75. The predicted molar refractivity (Wildman–Crippen MR) is 69.3 cm³/mol. The van der Waals surface area contributed by atoms with Crippen LogP contribution in [-0.4, -0.2) is 44.7 Å². The summed E-state index contributed by atoms with van der Waals surface area (Å²) in [6.45, 7) is 5.34. The van der Waals surface area contributed by atoms with E-state index in [1.54, 1.807) is 0 Å². The van der Waals surface area contributed by atoms with Crippen molar-refractivity contribution in [3.8, 4) is 0 Å². The lowest BCUT2D eigenvalue weighted by molar-refractivity contribution is -0.122. The number of rotatable bonds is 7. The minimum absolute atomic E-state index is 0.0393. The van der Waals surface area contributed by atoms with Crippen LogP contribution in [-0.2, 0) is 9.53 Å². The first-order valence-electron chi connectivity index (χ1n) is 6.78. The van der Waals surface area contributed by atoms with Crippen molar-refractivity contribution in [2.75, 3.05) is 26.3 Å². The van der Waals surface area contributed by atoms with Gasteiger partial charge in [0.2, 0.25) is 5.91 Å². The van der Waals surface area contributed by atoms with Gasteiger partial charge in [-0.25, -0.2) is 8.78 Å². The molecule has 0 aliphatic carbocycles. The minimum atomic E-state index is -2.48. The van der Waals surface area contributed by atoms with E-state index in [1.807, 2.05) is 0 Å². The van der Waals surface area contributed by atoms with Gasteiger partial charge in [-0.05, 0) is 24.8 Å². The van der Waals surface area contributed by atoms with Crippen LogP contribution in [0.3, 0.4) is 0 Å². The molecule has 1 aliphatic rings. The van der Waals surface area contributed by atoms with Crippen molar-refractivity contribution < 1.29 is 18.3 Å². The van der Waals surface area contributed by atoms with Gasteiger partial charge in [-0.3, -0.25) is 4.79 Å². The van der Waals surface area contributed by atoms with Gasteiger partial charge in [0.15, 0.2) is 0 Å². The van der Waals surface area contributed by atoms with E-state index in [0.717, 1.165) is 19.4 Å². The smallest absolute Gasteiger partial charge is 0.261 e. The third-order valence-electron chi connectivity index (χ3n) is 3.55. The van der Waals surface area contributed by atoms with E-state index in [1.165, 1.54) is 0 Å². The molecule has 0 bridgehead atoms. The number of halogens is 2. The second kappa shape index (κ2) is 7.75. The van der Waals surface area contributed by atoms with Crippen LogP contribution in [0.25, 0.3) is 0 Å². The Morgan fingerprint density at radius 2 is 2.26 bits per heavy atom. The average Bonchev–Trinajstić information content (AvgIpc) is 2.32. The quantitative estimate of drug-likeness (QED) is 0.695. The van der Waals surface area contributed by atoms with Crippen LogP contribution >= 0.6 is 0 Å². The fourth-order valence-electron chi connectivity index (χ4n) is 2.26. The molecule has 4 nitrogen and oxygen atoms in total. The molecule has 0 aromatic heterocycles. The van der Waals surface area contributed by atoms with Gasteiger partial charge in [-0.1, -0.05) is 13.8 Å². The highest BCUT2D eigenvalue weighted by atomic mass is 19.3. The van der Waals surface area contributed by atoms with Crippen molar-refractivity contribution in [3.63, 3.8) is 0 Å². The third kappa shape index (κ3) is 6.29. The van der Waals surface area contributed by atoms with Crippen molar-refractivity contribution >= 4 is 5.91 Å². The molecule has 0 saturated carbocycles. The zero-order chi connectivity index (χ0) is 14.3. The van der Waals surface area contributed by atoms with Crippen molar-refractivity contribution in [2.45, 2.75) is 45.6 Å². The summed E-state index contributed by atoms with van der Waals surface area (Å²) in [7, 11) is 0. The molecule has 1 saturated heterocycles. The normalized spacial score (nSPS) is 22.5. The van der Waals surface area contributed by atoms with Crippen LogP contribution < -0.4 is 10.6 Å². The maximum Gasteiger partial charge on any atom is 0.261 e. The van der Waals surface area contributed by atoms with Gasteiger partial charge in [0.25, 0.3) is 6.43 Å². The number of amides is 1. The zero-order valence-corrected chi connectivity index (χ0v) is 11.7. The number of alkyl halides is 2. The molecule has 6 heteroatoms. The number of carbonyl (C=O) groups is 1. The molecule has 0 aromatic rings. The Bertz CT molecular complexity index is 286. The molecular weight excluding hydrogens is 254 g/mol. The summed E-state index contributed by atoms with van der Waals surface area (Å²) in [4.78, 5) is 11.5. The molecule has 1 heterocycles. The molecule has 1 amide bonds. The van der Waals surface area contributed by atoms with Crippen molar-refractivity contribution in [2.24, 2.45) is 5.41 Å². The highest BCUT2D eigenvalue weighted by Gasteiger charge is 2.31. The summed E-state index contributed by atoms with van der Waals surface area (Å²) in [5, 5.41) is 6.23. The summed E-state index contributed by atoms with van der Waals surface area (Å²) in [5.74, 6) is -0.155. The maximum atomic E-state index is 11.8. The standard InChI is InChI=1S/C13H24F2N2O2/c1-13(2)5-3-6-16-10(13)8-17-12(18)4-7-19-9-11(14)15/h10-11,16H,3-9H2,1-2H3,(H,17,18). The molecule has 19 heavy (non-hydrogen) atoms. The van der Waals surface area contributed by atoms with Crippen LogP contribution in [0.5, 0.6) is 0 Å². The number of ether oxygens (including phenoxy) is 1. The molecule has 0 radical (unpaired) electrons. The van der Waals surface area contributed by atoms with Crippen molar-refractivity contribution in [1.29, 1.82) is 0 Å². The van der Waals surface area contributed by atoms with Gasteiger partial charge in [-0.2, -0.15) is 0 Å². The van der Waals surface area contributed by atoms with Crippen molar-refractivity contribution in [3.05, 3.63) is 0 Å². The van der Waals surface area contributed by atoms with Gasteiger partial charge >= 0.3 is 0 Å². The van der Waals surface area contributed by atoms with Gasteiger partial charge in [0.05, 0.1) is 6.61 Å². The Kier molecular flexibility index (Phi) is 6.65. The first-order chi connectivity index (χ1) is 8.92. The first-order valence-corrected chi connectivity index (χ1v) is 6.78. The van der Waals surface area contributed by atoms with Gasteiger partial charge < -0.3 is 15.4 Å². The van der Waals surface area contributed by atoms with E-state index >= 15 is 0 Å². The summed E-state index contributed by atoms with van der Waals surface area (Å²) >= 11 is 0. The summed E-state index contributed by atoms with van der Waals surface area (Å²) in [6, 6.07) is 0.257. The van der Waals surface area contributed by atoms with E-state index in [4.69, 9.17) is 0 Å². The van der Waals surface area contributed by atoms with Gasteiger partial charge in [-0.15, -0.1) is 0 Å². The van der Waals surface area contributed by atoms with Crippen LogP contribution in [0.2, 0.25) is 0 Å². The average molecular weight is 278 g/mol. The van der Waals surface area contributed by atoms with E-state index in [9.17, 15) is 13.6 Å². The van der Waals surface area contributed by atoms with Gasteiger partial charge in [0.1, 0.15) is 6.61 Å². The lowest BCUT2D eigenvalue weighted by atomic mass is 9.77. The Morgan fingerprint density at radius 3 is 2.89 bits per heavy atom. The Labute approximate surface area is 113 Å². The third-order valence-corrected chi connectivity index (χ3v) is 3.55. The molecule has 0 spiro atoms.